The van der Waals surface area contributed by atoms with E-state index in [1.165, 1.54) is 18.4 Å². The molecule has 0 radical (unpaired) electrons. The van der Waals surface area contributed by atoms with Gasteiger partial charge in [-0.1, -0.05) is 32.0 Å². The Labute approximate surface area is 198 Å². The normalized spacial score (nSPS) is 12.8. The summed E-state index contributed by atoms with van der Waals surface area (Å²) < 4.78 is 33.3. The molecule has 1 atom stereocenters. The predicted octanol–water partition coefficient (Wildman–Crippen LogP) is 4.46. The van der Waals surface area contributed by atoms with Gasteiger partial charge in [-0.05, 0) is 61.2 Å². The summed E-state index contributed by atoms with van der Waals surface area (Å²) in [6.45, 7) is 5.95. The monoisotopic (exact) mass is 480 g/mol. The molecule has 4 aromatic rings. The first-order chi connectivity index (χ1) is 16.2. The summed E-state index contributed by atoms with van der Waals surface area (Å²) in [5.74, 6) is 1.12. The minimum atomic E-state index is -3.83. The van der Waals surface area contributed by atoms with E-state index in [0.717, 1.165) is 11.0 Å². The van der Waals surface area contributed by atoms with Gasteiger partial charge in [0.1, 0.15) is 11.6 Å². The van der Waals surface area contributed by atoms with Gasteiger partial charge < -0.3 is 14.7 Å². The second-order valence-electron chi connectivity index (χ2n) is 8.68. The molecular weight excluding hydrogens is 452 g/mol. The van der Waals surface area contributed by atoms with E-state index in [1.54, 1.807) is 25.1 Å². The summed E-state index contributed by atoms with van der Waals surface area (Å²) in [6, 6.07) is 15.2. The number of hydrogen-bond acceptors (Lipinski definition) is 5. The molecule has 9 heteroatoms. The van der Waals surface area contributed by atoms with Crippen LogP contribution in [-0.4, -0.2) is 24.3 Å². The largest absolute Gasteiger partial charge is 0.468 e. The number of H-pyrrole nitrogens is 1. The van der Waals surface area contributed by atoms with Gasteiger partial charge in [0.2, 0.25) is 10.0 Å². The first-order valence-electron chi connectivity index (χ1n) is 11.1. The first-order valence-corrected chi connectivity index (χ1v) is 12.6. The van der Waals surface area contributed by atoms with Crippen molar-refractivity contribution in [2.45, 2.75) is 44.7 Å². The van der Waals surface area contributed by atoms with Crippen molar-refractivity contribution in [1.82, 2.24) is 20.0 Å². The van der Waals surface area contributed by atoms with Crippen LogP contribution in [0.1, 0.15) is 53.8 Å². The Morgan fingerprint density at radius 2 is 1.91 bits per heavy atom. The number of furan rings is 1. The molecule has 2 aromatic carbocycles. The van der Waals surface area contributed by atoms with Gasteiger partial charge in [0.15, 0.2) is 0 Å². The van der Waals surface area contributed by atoms with Crippen LogP contribution < -0.4 is 10.0 Å². The van der Waals surface area contributed by atoms with Crippen LogP contribution in [0.15, 0.2) is 70.2 Å². The Hall–Kier alpha value is -3.43. The number of rotatable bonds is 9. The Balaban J connectivity index is 1.58. The van der Waals surface area contributed by atoms with Gasteiger partial charge in [-0.25, -0.2) is 18.1 Å². The molecule has 178 valence electrons. The molecule has 8 nitrogen and oxygen atoms in total. The minimum Gasteiger partial charge on any atom is -0.468 e. The van der Waals surface area contributed by atoms with Gasteiger partial charge in [-0.15, -0.1) is 0 Å². The smallest absolute Gasteiger partial charge is 0.252 e. The maximum Gasteiger partial charge on any atom is 0.252 e. The van der Waals surface area contributed by atoms with Crippen molar-refractivity contribution in [1.29, 1.82) is 0 Å². The van der Waals surface area contributed by atoms with Gasteiger partial charge in [-0.2, -0.15) is 0 Å². The molecular formula is C25H28N4O4S. The number of benzene rings is 2. The fourth-order valence-electron chi connectivity index (χ4n) is 3.76. The zero-order chi connectivity index (χ0) is 24.3. The van der Waals surface area contributed by atoms with E-state index in [9.17, 15) is 13.2 Å². The van der Waals surface area contributed by atoms with Gasteiger partial charge in [0.25, 0.3) is 5.91 Å². The van der Waals surface area contributed by atoms with E-state index >= 15 is 0 Å². The number of nitrogens with one attached hydrogen (secondary N) is 3. The highest BCUT2D eigenvalue weighted by molar-refractivity contribution is 7.89. The molecule has 1 amide bonds. The highest BCUT2D eigenvalue weighted by atomic mass is 32.2. The Kier molecular flexibility index (Phi) is 6.85. The molecule has 0 bridgehead atoms. The topological polar surface area (TPSA) is 117 Å². The van der Waals surface area contributed by atoms with Crippen molar-refractivity contribution in [3.05, 3.63) is 83.6 Å². The molecule has 0 aliphatic rings. The standard InChI is InChI=1S/C25H28N4O4S/c1-16(2)13-23(24-27-21-8-4-5-9-22(21)28-24)29-25(30)20-14-19(11-10-17(20)3)34(31,32)26-15-18-7-6-12-33-18/h4-12,14,16,23,26H,13,15H2,1-3H3,(H,27,28)(H,29,30). The number of nitrogens with zero attached hydrogens (tertiary/aromatic N) is 1. The third-order valence-electron chi connectivity index (χ3n) is 5.53. The third-order valence-corrected chi connectivity index (χ3v) is 6.93. The molecule has 0 saturated carbocycles. The van der Waals surface area contributed by atoms with Crippen molar-refractivity contribution >= 4 is 27.0 Å². The fourth-order valence-corrected chi connectivity index (χ4v) is 4.78. The molecule has 4 rings (SSSR count). The fraction of sp³-hybridized carbons (Fsp3) is 0.280. The Morgan fingerprint density at radius 3 is 2.62 bits per heavy atom. The van der Waals surface area contributed by atoms with Crippen molar-refractivity contribution in [3.8, 4) is 0 Å². The van der Waals surface area contributed by atoms with E-state index < -0.39 is 10.0 Å². The highest BCUT2D eigenvalue weighted by Crippen LogP contribution is 2.24. The lowest BCUT2D eigenvalue weighted by molar-refractivity contribution is 0.0929. The second-order valence-corrected chi connectivity index (χ2v) is 10.4. The molecule has 2 aromatic heterocycles. The van der Waals surface area contributed by atoms with Gasteiger partial charge in [-0.3, -0.25) is 4.79 Å². The van der Waals surface area contributed by atoms with Gasteiger partial charge >= 0.3 is 0 Å². The summed E-state index contributed by atoms with van der Waals surface area (Å²) in [5.41, 5.74) is 2.70. The summed E-state index contributed by atoms with van der Waals surface area (Å²) in [7, 11) is -3.83. The van der Waals surface area contributed by atoms with E-state index in [2.05, 4.69) is 33.9 Å². The molecule has 0 aliphatic heterocycles. The van der Waals surface area contributed by atoms with Gasteiger partial charge in [0, 0.05) is 5.56 Å². The van der Waals surface area contributed by atoms with Crippen LogP contribution in [0.3, 0.4) is 0 Å². The number of amides is 1. The average molecular weight is 481 g/mol. The number of hydrogen-bond donors (Lipinski definition) is 3. The number of carbonyl (C=O) groups is 1. The third kappa shape index (κ3) is 5.37. The van der Waals surface area contributed by atoms with Crippen LogP contribution in [0.4, 0.5) is 0 Å². The molecule has 0 fully saturated rings. The van der Waals surface area contributed by atoms with Crippen molar-refractivity contribution in [2.75, 3.05) is 0 Å². The maximum atomic E-state index is 13.3. The first kappa shape index (κ1) is 23.7. The highest BCUT2D eigenvalue weighted by Gasteiger charge is 2.23. The van der Waals surface area contributed by atoms with E-state index in [0.29, 0.717) is 35.1 Å². The minimum absolute atomic E-state index is 0.0129. The van der Waals surface area contributed by atoms with E-state index in [4.69, 9.17) is 4.42 Å². The van der Waals surface area contributed by atoms with Gasteiger partial charge in [0.05, 0.1) is 34.8 Å². The number of carbonyl (C=O) groups excluding carboxylic acids is 1. The van der Waals surface area contributed by atoms with Crippen molar-refractivity contribution in [3.63, 3.8) is 0 Å². The number of aromatic nitrogens is 2. The lowest BCUT2D eigenvalue weighted by Gasteiger charge is -2.19. The van der Waals surface area contributed by atoms with Crippen molar-refractivity contribution < 1.29 is 17.6 Å². The summed E-state index contributed by atoms with van der Waals surface area (Å²) in [6.07, 6.45) is 2.15. The molecule has 0 spiro atoms. The number of fused-ring (bicyclic) bond motifs is 1. The molecule has 2 heterocycles. The molecule has 34 heavy (non-hydrogen) atoms. The molecule has 3 N–H and O–H groups in total. The van der Waals surface area contributed by atoms with Crippen LogP contribution in [-0.2, 0) is 16.6 Å². The number of aromatic amines is 1. The summed E-state index contributed by atoms with van der Waals surface area (Å²) in [5, 5.41) is 3.05. The second kappa shape index (κ2) is 9.82. The van der Waals surface area contributed by atoms with Crippen LogP contribution in [0, 0.1) is 12.8 Å². The number of aryl methyl sites for hydroxylation is 1. The van der Waals surface area contributed by atoms with Crippen LogP contribution in [0.25, 0.3) is 11.0 Å². The zero-order valence-electron chi connectivity index (χ0n) is 19.3. The van der Waals surface area contributed by atoms with E-state index in [1.807, 2.05) is 24.3 Å². The predicted molar refractivity (Wildman–Crippen MR) is 130 cm³/mol. The number of imidazole rings is 1. The Bertz CT molecular complexity index is 1360. The van der Waals surface area contributed by atoms with Crippen molar-refractivity contribution in [2.24, 2.45) is 5.92 Å². The lowest BCUT2D eigenvalue weighted by Crippen LogP contribution is -2.31. The lowest BCUT2D eigenvalue weighted by atomic mass is 10.0. The summed E-state index contributed by atoms with van der Waals surface area (Å²) in [4.78, 5) is 21.3. The molecule has 0 saturated heterocycles. The SMILES string of the molecule is Cc1ccc(S(=O)(=O)NCc2ccco2)cc1C(=O)NC(CC(C)C)c1nc2ccccc2[nH]1. The van der Waals surface area contributed by atoms with Crippen LogP contribution in [0.2, 0.25) is 0 Å². The molecule has 0 aliphatic carbocycles. The van der Waals surface area contributed by atoms with Crippen LogP contribution >= 0.6 is 0 Å². The van der Waals surface area contributed by atoms with Crippen LogP contribution in [0.5, 0.6) is 0 Å². The zero-order valence-corrected chi connectivity index (χ0v) is 20.1. The quantitative estimate of drug-likeness (QED) is 0.327. The van der Waals surface area contributed by atoms with E-state index in [-0.39, 0.29) is 23.4 Å². The maximum absolute atomic E-state index is 13.3. The number of sulfonamides is 1. The summed E-state index contributed by atoms with van der Waals surface area (Å²) >= 11 is 0. The Morgan fingerprint density at radius 1 is 1.12 bits per heavy atom. The number of para-hydroxylation sites is 2. The molecule has 1 unspecified atom stereocenters. The average Bonchev–Trinajstić information content (AvgIpc) is 3.47.